The monoisotopic (exact) mass is 478 g/mol. The molecule has 0 saturated heterocycles. The van der Waals surface area contributed by atoms with Gasteiger partial charge < -0.3 is 0 Å². The van der Waals surface area contributed by atoms with Crippen LogP contribution >= 0.6 is 0 Å². The minimum atomic E-state index is -8.58. The average molecular weight is 478 g/mol. The highest BCUT2D eigenvalue weighted by molar-refractivity contribution is 7.87. The zero-order valence-electron chi connectivity index (χ0n) is 11.7. The Morgan fingerprint density at radius 2 is 0.857 bits per heavy atom. The van der Waals surface area contributed by atoms with E-state index in [0.717, 1.165) is 0 Å². The summed E-state index contributed by atoms with van der Waals surface area (Å²) in [5, 5.41) is -7.09. The molecule has 4 nitrogen and oxygen atoms in total. The minimum absolute atomic E-state index is 5.22. The molecule has 0 saturated carbocycles. The molecule has 0 aromatic carbocycles. The van der Waals surface area contributed by atoms with Gasteiger partial charge in [0.15, 0.2) is 0 Å². The molecular weight excluding hydrogens is 477 g/mol. The van der Waals surface area contributed by atoms with Crippen molar-refractivity contribution in [3.63, 3.8) is 0 Å². The van der Waals surface area contributed by atoms with Crippen LogP contribution in [0, 0.1) is 0 Å². The van der Waals surface area contributed by atoms with Gasteiger partial charge in [-0.05, 0) is 0 Å². The van der Waals surface area contributed by atoms with Gasteiger partial charge in [0.2, 0.25) is 0 Å². The Bertz CT molecular complexity index is 734. The largest absolute Gasteiger partial charge is 0.460 e. The van der Waals surface area contributed by atoms with Gasteiger partial charge in [0, 0.05) is 0 Å². The Kier molecular flexibility index (Phi) is 5.93. The number of Topliss-reactive ketones (excluding diaryl/α,β-unsaturated/α-hetero) is 1. The standard InChI is InChI=1S/C8HF15O4S/c9-2(10,1(24)3(11,12)28(25,26)27)4(13,14)5(15,16)6(17,18)7(19,20)8(21,22)23/h(H,25,26,27). The zero-order chi connectivity index (χ0) is 23.6. The Hall–Kier alpha value is -1.47. The molecule has 28 heavy (non-hydrogen) atoms. The van der Waals surface area contributed by atoms with E-state index in [-0.39, 0.29) is 0 Å². The number of carbonyl (C=O) groups is 1. The number of halogens is 15. The lowest BCUT2D eigenvalue weighted by Crippen LogP contribution is -2.72. The van der Waals surface area contributed by atoms with E-state index >= 15 is 0 Å². The molecule has 0 amide bonds. The summed E-state index contributed by atoms with van der Waals surface area (Å²) in [7, 11) is -7.43. The lowest BCUT2D eigenvalue weighted by molar-refractivity contribution is -0.436. The predicted octanol–water partition coefficient (Wildman–Crippen LogP) is 3.77. The Balaban J connectivity index is 6.69. The molecule has 0 spiro atoms. The summed E-state index contributed by atoms with van der Waals surface area (Å²) >= 11 is 0. The second-order valence-corrected chi connectivity index (χ2v) is 6.15. The van der Waals surface area contributed by atoms with Gasteiger partial charge in [-0.3, -0.25) is 9.35 Å². The van der Waals surface area contributed by atoms with Gasteiger partial charge in [-0.1, -0.05) is 0 Å². The smallest absolute Gasteiger partial charge is 0.284 e. The van der Waals surface area contributed by atoms with E-state index in [0.29, 0.717) is 0 Å². The fourth-order valence-electron chi connectivity index (χ4n) is 1.21. The highest BCUT2D eigenvalue weighted by Crippen LogP contribution is 2.60. The van der Waals surface area contributed by atoms with Crippen molar-refractivity contribution >= 4 is 15.9 Å². The van der Waals surface area contributed by atoms with Gasteiger partial charge in [0.05, 0.1) is 0 Å². The van der Waals surface area contributed by atoms with Crippen LogP contribution in [-0.2, 0) is 14.9 Å². The minimum Gasteiger partial charge on any atom is -0.284 e. The summed E-state index contributed by atoms with van der Waals surface area (Å²) in [4.78, 5) is 10.5. The molecule has 0 aliphatic carbocycles. The molecule has 0 fully saturated rings. The summed E-state index contributed by atoms with van der Waals surface area (Å²) < 4.78 is 217. The summed E-state index contributed by atoms with van der Waals surface area (Å²) in [6.45, 7) is 0. The van der Waals surface area contributed by atoms with Crippen molar-refractivity contribution in [2.24, 2.45) is 0 Å². The van der Waals surface area contributed by atoms with Crippen molar-refractivity contribution in [2.75, 3.05) is 0 Å². The van der Waals surface area contributed by atoms with E-state index in [1.54, 1.807) is 0 Å². The molecule has 0 aromatic rings. The van der Waals surface area contributed by atoms with E-state index < -0.39 is 56.9 Å². The number of ketones is 1. The highest BCUT2D eigenvalue weighted by atomic mass is 32.2. The van der Waals surface area contributed by atoms with Crippen LogP contribution in [0.3, 0.4) is 0 Å². The van der Waals surface area contributed by atoms with E-state index in [1.165, 1.54) is 0 Å². The zero-order valence-corrected chi connectivity index (χ0v) is 12.6. The van der Waals surface area contributed by atoms with Crippen LogP contribution in [0.2, 0.25) is 0 Å². The van der Waals surface area contributed by atoms with Crippen LogP contribution < -0.4 is 0 Å². The molecule has 0 aliphatic rings. The molecule has 168 valence electrons. The van der Waals surface area contributed by atoms with Crippen LogP contribution in [0.5, 0.6) is 0 Å². The number of hydrogen-bond acceptors (Lipinski definition) is 3. The number of rotatable bonds is 7. The van der Waals surface area contributed by atoms with E-state index in [4.69, 9.17) is 4.55 Å². The third-order valence-electron chi connectivity index (χ3n) is 2.81. The molecule has 0 unspecified atom stereocenters. The van der Waals surface area contributed by atoms with Crippen LogP contribution in [-0.4, -0.2) is 59.8 Å². The molecule has 0 atom stereocenters. The third-order valence-corrected chi connectivity index (χ3v) is 3.64. The molecular formula is C8HF15O4S. The van der Waals surface area contributed by atoms with Crippen LogP contribution in [0.1, 0.15) is 0 Å². The van der Waals surface area contributed by atoms with Crippen molar-refractivity contribution in [2.45, 2.75) is 41.0 Å². The first kappa shape index (κ1) is 26.5. The third kappa shape index (κ3) is 3.26. The second kappa shape index (κ2) is 6.26. The van der Waals surface area contributed by atoms with Crippen molar-refractivity contribution in [3.8, 4) is 0 Å². The topological polar surface area (TPSA) is 71.4 Å². The van der Waals surface area contributed by atoms with Gasteiger partial charge in [0.25, 0.3) is 5.78 Å². The van der Waals surface area contributed by atoms with Crippen LogP contribution in [0.15, 0.2) is 0 Å². The van der Waals surface area contributed by atoms with E-state index in [2.05, 4.69) is 0 Å². The predicted molar refractivity (Wildman–Crippen MR) is 52.3 cm³/mol. The lowest BCUT2D eigenvalue weighted by Gasteiger charge is -2.39. The molecule has 0 aliphatic heterocycles. The molecule has 0 rings (SSSR count). The second-order valence-electron chi connectivity index (χ2n) is 4.69. The summed E-state index contributed by atoms with van der Waals surface area (Å²) in [5.74, 6) is -46.9. The SMILES string of the molecule is O=C(C(F)(F)C(F)(F)C(F)(F)C(F)(F)C(F)(F)C(F)(F)F)C(F)(F)S(=O)(=O)O. The van der Waals surface area contributed by atoms with Crippen LogP contribution in [0.25, 0.3) is 0 Å². The summed E-state index contributed by atoms with van der Waals surface area (Å²) in [5.41, 5.74) is 0. The fourth-order valence-corrected chi connectivity index (χ4v) is 1.57. The fraction of sp³-hybridized carbons (Fsp3) is 0.875. The summed E-state index contributed by atoms with van der Waals surface area (Å²) in [6, 6.07) is 0. The maximum absolute atomic E-state index is 13.1. The van der Waals surface area contributed by atoms with Crippen molar-refractivity contribution in [1.29, 1.82) is 0 Å². The van der Waals surface area contributed by atoms with Gasteiger partial charge in [-0.15, -0.1) is 0 Å². The maximum atomic E-state index is 13.1. The van der Waals surface area contributed by atoms with Gasteiger partial charge in [-0.2, -0.15) is 74.3 Å². The molecule has 0 heterocycles. The highest BCUT2D eigenvalue weighted by Gasteiger charge is 2.92. The first-order valence-electron chi connectivity index (χ1n) is 5.51. The summed E-state index contributed by atoms with van der Waals surface area (Å²) in [6.07, 6.45) is -7.77. The Labute approximate surface area is 142 Å². The number of carbonyl (C=O) groups excluding carboxylic acids is 1. The number of hydrogen-bond donors (Lipinski definition) is 1. The van der Waals surface area contributed by atoms with E-state index in [9.17, 15) is 79.1 Å². The molecule has 20 heteroatoms. The molecule has 0 bridgehead atoms. The first-order valence-corrected chi connectivity index (χ1v) is 6.95. The van der Waals surface area contributed by atoms with Crippen molar-refractivity contribution < 1.29 is 83.6 Å². The van der Waals surface area contributed by atoms with Gasteiger partial charge >= 0.3 is 51.2 Å². The Morgan fingerprint density at radius 3 is 1.11 bits per heavy atom. The normalized spacial score (nSPS) is 16.3. The maximum Gasteiger partial charge on any atom is 0.460 e. The van der Waals surface area contributed by atoms with Gasteiger partial charge in [-0.25, -0.2) is 0 Å². The van der Waals surface area contributed by atoms with Gasteiger partial charge in [0.1, 0.15) is 0 Å². The Morgan fingerprint density at radius 1 is 0.571 bits per heavy atom. The van der Waals surface area contributed by atoms with Crippen molar-refractivity contribution in [1.82, 2.24) is 0 Å². The molecule has 1 N–H and O–H groups in total. The van der Waals surface area contributed by atoms with E-state index in [1.807, 2.05) is 0 Å². The first-order chi connectivity index (χ1) is 11.7. The lowest BCUT2D eigenvalue weighted by atomic mass is 9.92. The quantitative estimate of drug-likeness (QED) is 0.447. The molecule has 0 aromatic heterocycles. The molecule has 0 radical (unpaired) electrons. The van der Waals surface area contributed by atoms with Crippen LogP contribution in [0.4, 0.5) is 65.9 Å². The van der Waals surface area contributed by atoms with Crippen molar-refractivity contribution in [3.05, 3.63) is 0 Å². The average Bonchev–Trinajstić information content (AvgIpc) is 2.42. The number of alkyl halides is 15.